The van der Waals surface area contributed by atoms with Gasteiger partial charge in [0.1, 0.15) is 5.75 Å². The van der Waals surface area contributed by atoms with Crippen LogP contribution in [0.15, 0.2) is 42.5 Å². The average Bonchev–Trinajstić information content (AvgIpc) is 2.56. The Morgan fingerprint density at radius 1 is 1.16 bits per heavy atom. The summed E-state index contributed by atoms with van der Waals surface area (Å²) in [6.45, 7) is 2.64. The van der Waals surface area contributed by atoms with Crippen molar-refractivity contribution in [2.24, 2.45) is 0 Å². The van der Waals surface area contributed by atoms with Crippen molar-refractivity contribution in [2.75, 3.05) is 11.9 Å². The fourth-order valence-corrected chi connectivity index (χ4v) is 2.29. The summed E-state index contributed by atoms with van der Waals surface area (Å²) in [5.41, 5.74) is -0.664. The molecule has 0 aliphatic carbocycles. The number of carbonyl (C=O) groups is 1. The molecule has 0 fully saturated rings. The van der Waals surface area contributed by atoms with Crippen molar-refractivity contribution in [3.05, 3.63) is 58.6 Å². The summed E-state index contributed by atoms with van der Waals surface area (Å²) in [6.07, 6.45) is -2.64. The minimum absolute atomic E-state index is 0.0185. The Balaban J connectivity index is 2.07. The molecule has 0 spiro atoms. The summed E-state index contributed by atoms with van der Waals surface area (Å²) in [6, 6.07) is 9.63. The van der Waals surface area contributed by atoms with Crippen LogP contribution >= 0.6 is 11.6 Å². The summed E-state index contributed by atoms with van der Waals surface area (Å²) in [5, 5.41) is 2.01. The number of ether oxygens (including phenoxy) is 1. The molecule has 7 heteroatoms. The summed E-state index contributed by atoms with van der Waals surface area (Å²) >= 11 is 5.56. The first-order valence-electron chi connectivity index (χ1n) is 7.72. The number of rotatable bonds is 6. The largest absolute Gasteiger partial charge is 0.494 e. The second-order valence-corrected chi connectivity index (χ2v) is 5.78. The van der Waals surface area contributed by atoms with Gasteiger partial charge in [0.2, 0.25) is 0 Å². The van der Waals surface area contributed by atoms with Crippen LogP contribution < -0.4 is 10.1 Å². The summed E-state index contributed by atoms with van der Waals surface area (Å²) in [5.74, 6) is 0.117. The zero-order chi connectivity index (χ0) is 18.4. The highest BCUT2D eigenvalue weighted by molar-refractivity contribution is 6.31. The van der Waals surface area contributed by atoms with Crippen LogP contribution in [0.5, 0.6) is 5.75 Å². The quantitative estimate of drug-likeness (QED) is 0.652. The second kappa shape index (κ2) is 8.25. The van der Waals surface area contributed by atoms with Gasteiger partial charge in [-0.3, -0.25) is 4.79 Å². The third-order valence-corrected chi connectivity index (χ3v) is 3.74. The molecule has 2 aromatic carbocycles. The number of alkyl halides is 3. The molecular formula is C18H17ClF3NO2. The number of anilines is 1. The van der Waals surface area contributed by atoms with Crippen molar-refractivity contribution in [1.82, 2.24) is 0 Å². The Morgan fingerprint density at radius 3 is 2.44 bits per heavy atom. The highest BCUT2D eigenvalue weighted by Crippen LogP contribution is 2.36. The van der Waals surface area contributed by atoms with E-state index in [2.05, 4.69) is 12.2 Å². The van der Waals surface area contributed by atoms with Crippen molar-refractivity contribution in [1.29, 1.82) is 0 Å². The lowest BCUT2D eigenvalue weighted by molar-refractivity contribution is -0.137. The molecule has 25 heavy (non-hydrogen) atoms. The molecule has 0 unspecified atom stereocenters. The monoisotopic (exact) mass is 371 g/mol. The van der Waals surface area contributed by atoms with Gasteiger partial charge in [-0.05, 0) is 48.9 Å². The number of halogens is 4. The van der Waals surface area contributed by atoms with E-state index in [9.17, 15) is 18.0 Å². The molecule has 0 aromatic heterocycles. The van der Waals surface area contributed by atoms with Crippen LogP contribution in [0.2, 0.25) is 5.02 Å². The molecular weight excluding hydrogens is 355 g/mol. The fraction of sp³-hybridized carbons (Fsp3) is 0.278. The Kier molecular flexibility index (Phi) is 6.31. The van der Waals surface area contributed by atoms with Gasteiger partial charge in [0.25, 0.3) is 5.91 Å². The van der Waals surface area contributed by atoms with E-state index in [1.54, 1.807) is 24.3 Å². The SMILES string of the molecule is CCCCOc1ccc(C(=O)Nc2ccc(Cl)c(C(F)(F)F)c2)cc1. The second-order valence-electron chi connectivity index (χ2n) is 5.37. The molecule has 3 nitrogen and oxygen atoms in total. The molecule has 1 amide bonds. The third-order valence-electron chi connectivity index (χ3n) is 3.41. The maximum Gasteiger partial charge on any atom is 0.417 e. The van der Waals surface area contributed by atoms with E-state index in [0.29, 0.717) is 17.9 Å². The lowest BCUT2D eigenvalue weighted by Crippen LogP contribution is -2.13. The minimum atomic E-state index is -4.59. The topological polar surface area (TPSA) is 38.3 Å². The maximum absolute atomic E-state index is 12.8. The predicted molar refractivity (Wildman–Crippen MR) is 91.3 cm³/mol. The van der Waals surface area contributed by atoms with Crippen molar-refractivity contribution in [2.45, 2.75) is 25.9 Å². The van der Waals surface area contributed by atoms with E-state index in [1.165, 1.54) is 6.07 Å². The molecule has 0 aliphatic rings. The van der Waals surface area contributed by atoms with E-state index in [-0.39, 0.29) is 5.69 Å². The predicted octanol–water partition coefficient (Wildman–Crippen LogP) is 5.79. The lowest BCUT2D eigenvalue weighted by Gasteiger charge is -2.12. The molecule has 1 N–H and O–H groups in total. The van der Waals surface area contributed by atoms with Crippen molar-refractivity contribution in [3.63, 3.8) is 0 Å². The molecule has 0 saturated carbocycles. The first-order valence-corrected chi connectivity index (χ1v) is 8.10. The highest BCUT2D eigenvalue weighted by Gasteiger charge is 2.33. The number of amides is 1. The first kappa shape index (κ1) is 19.1. The van der Waals surface area contributed by atoms with Crippen LogP contribution in [0.1, 0.15) is 35.7 Å². The molecule has 0 atom stereocenters. The molecule has 0 heterocycles. The average molecular weight is 372 g/mol. The van der Waals surface area contributed by atoms with Gasteiger partial charge in [-0.2, -0.15) is 13.2 Å². The Morgan fingerprint density at radius 2 is 1.84 bits per heavy atom. The van der Waals surface area contributed by atoms with E-state index in [0.717, 1.165) is 25.0 Å². The summed E-state index contributed by atoms with van der Waals surface area (Å²) in [4.78, 5) is 12.2. The zero-order valence-corrected chi connectivity index (χ0v) is 14.2. The number of carbonyl (C=O) groups excluding carboxylic acids is 1. The maximum atomic E-state index is 12.8. The van der Waals surface area contributed by atoms with Gasteiger partial charge in [-0.25, -0.2) is 0 Å². The van der Waals surface area contributed by atoms with Crippen LogP contribution in [0.3, 0.4) is 0 Å². The van der Waals surface area contributed by atoms with E-state index >= 15 is 0 Å². The van der Waals surface area contributed by atoms with Gasteiger partial charge in [0.15, 0.2) is 0 Å². The van der Waals surface area contributed by atoms with Crippen LogP contribution in [0.4, 0.5) is 18.9 Å². The number of benzene rings is 2. The van der Waals surface area contributed by atoms with Gasteiger partial charge in [0, 0.05) is 11.3 Å². The van der Waals surface area contributed by atoms with Crippen molar-refractivity contribution >= 4 is 23.2 Å². The van der Waals surface area contributed by atoms with E-state index < -0.39 is 22.7 Å². The Hall–Kier alpha value is -2.21. The standard InChI is InChI=1S/C18H17ClF3NO2/c1-2-3-10-25-14-7-4-12(5-8-14)17(24)23-13-6-9-16(19)15(11-13)18(20,21)22/h4-9,11H,2-3,10H2,1H3,(H,23,24). The lowest BCUT2D eigenvalue weighted by atomic mass is 10.1. The minimum Gasteiger partial charge on any atom is -0.494 e. The van der Waals surface area contributed by atoms with Crippen LogP contribution in [-0.4, -0.2) is 12.5 Å². The molecule has 0 bridgehead atoms. The Bertz CT molecular complexity index is 730. The number of unbranched alkanes of at least 4 members (excludes halogenated alkanes) is 1. The van der Waals surface area contributed by atoms with Crippen LogP contribution in [-0.2, 0) is 6.18 Å². The van der Waals surface area contributed by atoms with Crippen LogP contribution in [0.25, 0.3) is 0 Å². The molecule has 0 radical (unpaired) electrons. The van der Waals surface area contributed by atoms with Crippen LogP contribution in [0, 0.1) is 0 Å². The van der Waals surface area contributed by atoms with E-state index in [4.69, 9.17) is 16.3 Å². The number of hydrogen-bond donors (Lipinski definition) is 1. The summed E-state index contributed by atoms with van der Waals surface area (Å²) in [7, 11) is 0. The molecule has 0 aliphatic heterocycles. The molecule has 134 valence electrons. The Labute approximate surface area is 148 Å². The van der Waals surface area contributed by atoms with Gasteiger partial charge in [-0.15, -0.1) is 0 Å². The van der Waals surface area contributed by atoms with Gasteiger partial charge in [-0.1, -0.05) is 24.9 Å². The highest BCUT2D eigenvalue weighted by atomic mass is 35.5. The molecule has 2 rings (SSSR count). The van der Waals surface area contributed by atoms with E-state index in [1.807, 2.05) is 0 Å². The first-order chi connectivity index (χ1) is 11.8. The summed E-state index contributed by atoms with van der Waals surface area (Å²) < 4.78 is 44.0. The van der Waals surface area contributed by atoms with Crippen molar-refractivity contribution in [3.8, 4) is 5.75 Å². The molecule has 2 aromatic rings. The zero-order valence-electron chi connectivity index (χ0n) is 13.5. The van der Waals surface area contributed by atoms with Crippen molar-refractivity contribution < 1.29 is 22.7 Å². The van der Waals surface area contributed by atoms with Gasteiger partial charge < -0.3 is 10.1 Å². The fourth-order valence-electron chi connectivity index (χ4n) is 2.06. The van der Waals surface area contributed by atoms with Gasteiger partial charge in [0.05, 0.1) is 17.2 Å². The molecule has 0 saturated heterocycles. The third kappa shape index (κ3) is 5.39. The number of hydrogen-bond acceptors (Lipinski definition) is 2. The normalized spacial score (nSPS) is 11.2. The number of nitrogens with one attached hydrogen (secondary N) is 1. The smallest absolute Gasteiger partial charge is 0.417 e. The van der Waals surface area contributed by atoms with Gasteiger partial charge >= 0.3 is 6.18 Å².